The highest BCUT2D eigenvalue weighted by Crippen LogP contribution is 2.18. The minimum absolute atomic E-state index is 0.872. The summed E-state index contributed by atoms with van der Waals surface area (Å²) in [4.78, 5) is 2.59. The molecule has 1 saturated heterocycles. The molecule has 3 heteroatoms. The van der Waals surface area contributed by atoms with Crippen LogP contribution in [0.5, 0.6) is 0 Å². The van der Waals surface area contributed by atoms with Crippen LogP contribution >= 0.6 is 0 Å². The van der Waals surface area contributed by atoms with Gasteiger partial charge in [0.25, 0.3) is 0 Å². The molecule has 2 heterocycles. The van der Waals surface area contributed by atoms with Crippen LogP contribution in [0.2, 0.25) is 0 Å². The van der Waals surface area contributed by atoms with Gasteiger partial charge < -0.3 is 0 Å². The Morgan fingerprint density at radius 2 is 2.07 bits per heavy atom. The van der Waals surface area contributed by atoms with Gasteiger partial charge in [0.2, 0.25) is 0 Å². The van der Waals surface area contributed by atoms with E-state index in [4.69, 9.17) is 5.84 Å². The van der Waals surface area contributed by atoms with Crippen LogP contribution in [0, 0.1) is 5.92 Å². The lowest BCUT2D eigenvalue weighted by Crippen LogP contribution is -2.42. The van der Waals surface area contributed by atoms with Crippen LogP contribution in [0.25, 0.3) is 0 Å². The van der Waals surface area contributed by atoms with E-state index >= 15 is 0 Å². The van der Waals surface area contributed by atoms with Gasteiger partial charge in [-0.15, -0.1) is 0 Å². The zero-order valence-electron chi connectivity index (χ0n) is 9.78. The highest BCUT2D eigenvalue weighted by Gasteiger charge is 2.20. The van der Waals surface area contributed by atoms with Crippen molar-refractivity contribution in [1.29, 1.82) is 0 Å². The van der Waals surface area contributed by atoms with Crippen molar-refractivity contribution in [3.05, 3.63) is 11.6 Å². The van der Waals surface area contributed by atoms with Gasteiger partial charge in [0, 0.05) is 32.7 Å². The fourth-order valence-corrected chi connectivity index (χ4v) is 2.48. The summed E-state index contributed by atoms with van der Waals surface area (Å²) < 4.78 is 0. The van der Waals surface area contributed by atoms with E-state index in [2.05, 4.69) is 17.9 Å². The first-order chi connectivity index (χ1) is 7.24. The molecular formula is C12H23N3. The lowest BCUT2D eigenvalue weighted by Gasteiger charge is -2.33. The van der Waals surface area contributed by atoms with Crippen LogP contribution in [0.4, 0.5) is 0 Å². The molecule has 2 N–H and O–H groups in total. The lowest BCUT2D eigenvalue weighted by molar-refractivity contribution is 0.148. The maximum Gasteiger partial charge on any atom is 0.0165 e. The molecule has 0 aromatic rings. The minimum Gasteiger partial charge on any atom is -0.299 e. The average Bonchev–Trinajstić information content (AvgIpc) is 2.25. The Morgan fingerprint density at radius 3 is 2.67 bits per heavy atom. The monoisotopic (exact) mass is 209 g/mol. The number of nitrogens with zero attached hydrogens (tertiary/aromatic N) is 2. The number of hydrazine groups is 1. The third kappa shape index (κ3) is 3.30. The normalized spacial score (nSPS) is 26.7. The van der Waals surface area contributed by atoms with E-state index in [1.807, 2.05) is 5.01 Å². The van der Waals surface area contributed by atoms with E-state index in [1.165, 1.54) is 32.4 Å². The Bertz CT molecular complexity index is 229. The maximum absolute atomic E-state index is 5.76. The van der Waals surface area contributed by atoms with Gasteiger partial charge in [-0.3, -0.25) is 10.7 Å². The second-order valence-electron chi connectivity index (χ2n) is 5.04. The molecule has 0 unspecified atom stereocenters. The fraction of sp³-hybridized carbons (Fsp3) is 0.833. The predicted molar refractivity (Wildman–Crippen MR) is 63.3 cm³/mol. The maximum atomic E-state index is 5.76. The second-order valence-corrected chi connectivity index (χ2v) is 5.04. The Morgan fingerprint density at radius 1 is 1.33 bits per heavy atom. The molecule has 0 spiro atoms. The highest BCUT2D eigenvalue weighted by molar-refractivity contribution is 5.03. The first kappa shape index (κ1) is 11.1. The van der Waals surface area contributed by atoms with Gasteiger partial charge >= 0.3 is 0 Å². The number of nitrogens with two attached hydrogens (primary N) is 1. The van der Waals surface area contributed by atoms with Crippen molar-refractivity contribution in [3.63, 3.8) is 0 Å². The molecule has 0 radical (unpaired) electrons. The van der Waals surface area contributed by atoms with Crippen molar-refractivity contribution in [3.8, 4) is 0 Å². The Balaban J connectivity index is 1.73. The minimum atomic E-state index is 0.872. The molecule has 0 atom stereocenters. The van der Waals surface area contributed by atoms with Crippen LogP contribution in [0.15, 0.2) is 11.6 Å². The Kier molecular flexibility index (Phi) is 3.78. The van der Waals surface area contributed by atoms with E-state index in [0.29, 0.717) is 0 Å². The summed E-state index contributed by atoms with van der Waals surface area (Å²) in [6.45, 7) is 8.09. The summed E-state index contributed by atoms with van der Waals surface area (Å²) in [5.41, 5.74) is 1.56. The molecule has 0 aromatic heterocycles. The van der Waals surface area contributed by atoms with Crippen LogP contribution < -0.4 is 5.84 Å². The van der Waals surface area contributed by atoms with Crippen LogP contribution in [-0.4, -0.2) is 42.6 Å². The van der Waals surface area contributed by atoms with Gasteiger partial charge in [0.1, 0.15) is 0 Å². The molecule has 0 aromatic carbocycles. The van der Waals surface area contributed by atoms with Crippen LogP contribution in [-0.2, 0) is 0 Å². The molecule has 2 rings (SSSR count). The van der Waals surface area contributed by atoms with Crippen LogP contribution in [0.1, 0.15) is 26.2 Å². The smallest absolute Gasteiger partial charge is 0.0165 e. The molecule has 3 nitrogen and oxygen atoms in total. The van der Waals surface area contributed by atoms with Crippen molar-refractivity contribution in [1.82, 2.24) is 9.91 Å². The van der Waals surface area contributed by atoms with Gasteiger partial charge in [0.15, 0.2) is 0 Å². The first-order valence-corrected chi connectivity index (χ1v) is 6.11. The van der Waals surface area contributed by atoms with E-state index in [1.54, 1.807) is 5.57 Å². The average molecular weight is 209 g/mol. The fourth-order valence-electron chi connectivity index (χ4n) is 2.48. The zero-order valence-corrected chi connectivity index (χ0v) is 9.78. The van der Waals surface area contributed by atoms with Crippen molar-refractivity contribution >= 4 is 0 Å². The predicted octanol–water partition coefficient (Wildman–Crippen LogP) is 1.22. The van der Waals surface area contributed by atoms with E-state index < -0.39 is 0 Å². The summed E-state index contributed by atoms with van der Waals surface area (Å²) in [6.07, 6.45) is 6.18. The molecule has 15 heavy (non-hydrogen) atoms. The summed E-state index contributed by atoms with van der Waals surface area (Å²) >= 11 is 0. The number of piperidine rings is 1. The number of hydrogen-bond donors (Lipinski definition) is 1. The third-order valence-electron chi connectivity index (χ3n) is 3.69. The molecule has 0 aliphatic carbocycles. The quantitative estimate of drug-likeness (QED) is 0.548. The van der Waals surface area contributed by atoms with E-state index in [-0.39, 0.29) is 0 Å². The van der Waals surface area contributed by atoms with Crippen LogP contribution in [0.3, 0.4) is 0 Å². The topological polar surface area (TPSA) is 32.5 Å². The molecule has 2 aliphatic heterocycles. The van der Waals surface area contributed by atoms with Crippen molar-refractivity contribution in [2.75, 3.05) is 32.7 Å². The van der Waals surface area contributed by atoms with Crippen molar-refractivity contribution < 1.29 is 0 Å². The van der Waals surface area contributed by atoms with E-state index in [0.717, 1.165) is 25.6 Å². The van der Waals surface area contributed by atoms with Gasteiger partial charge in [-0.25, -0.2) is 5.01 Å². The third-order valence-corrected chi connectivity index (χ3v) is 3.69. The van der Waals surface area contributed by atoms with Crippen molar-refractivity contribution in [2.24, 2.45) is 11.8 Å². The first-order valence-electron chi connectivity index (χ1n) is 6.11. The molecule has 0 amide bonds. The largest absolute Gasteiger partial charge is 0.299 e. The van der Waals surface area contributed by atoms with Gasteiger partial charge in [-0.05, 0) is 32.1 Å². The molecule has 0 bridgehead atoms. The second kappa shape index (κ2) is 5.10. The number of hydrogen-bond acceptors (Lipinski definition) is 3. The van der Waals surface area contributed by atoms with Gasteiger partial charge in [-0.1, -0.05) is 11.6 Å². The summed E-state index contributed by atoms with van der Waals surface area (Å²) in [5.74, 6) is 6.63. The highest BCUT2D eigenvalue weighted by atomic mass is 15.4. The lowest BCUT2D eigenvalue weighted by atomic mass is 9.96. The summed E-state index contributed by atoms with van der Waals surface area (Å²) in [7, 11) is 0. The zero-order chi connectivity index (χ0) is 10.7. The van der Waals surface area contributed by atoms with E-state index in [9.17, 15) is 0 Å². The molecular weight excluding hydrogens is 186 g/mol. The molecule has 86 valence electrons. The standard InChI is InChI=1S/C12H23N3/c1-11-2-6-14(7-3-11)10-12-4-8-15(13)9-5-12/h2,12H,3-10,13H2,1H3. The van der Waals surface area contributed by atoms with Gasteiger partial charge in [0.05, 0.1) is 0 Å². The van der Waals surface area contributed by atoms with Crippen molar-refractivity contribution in [2.45, 2.75) is 26.2 Å². The number of rotatable bonds is 2. The summed E-state index contributed by atoms with van der Waals surface area (Å²) in [6, 6.07) is 0. The molecule has 2 aliphatic rings. The summed E-state index contributed by atoms with van der Waals surface area (Å²) in [5, 5.41) is 1.96. The SMILES string of the molecule is CC1=CCN(CC2CCN(N)CC2)CC1. The molecule has 1 fully saturated rings. The Hall–Kier alpha value is -0.380. The molecule has 0 saturated carbocycles. The Labute approximate surface area is 92.9 Å². The van der Waals surface area contributed by atoms with Gasteiger partial charge in [-0.2, -0.15) is 0 Å².